The molecule has 1 atom stereocenters. The first-order valence-electron chi connectivity index (χ1n) is 4.00. The zero-order valence-corrected chi connectivity index (χ0v) is 7.84. The van der Waals surface area contributed by atoms with Gasteiger partial charge in [0.05, 0.1) is 10.5 Å². The third-order valence-corrected chi connectivity index (χ3v) is 2.96. The van der Waals surface area contributed by atoms with Crippen molar-refractivity contribution in [3.8, 4) is 0 Å². The molecule has 1 unspecified atom stereocenters. The molecule has 4 nitrogen and oxygen atoms in total. The van der Waals surface area contributed by atoms with E-state index in [4.69, 9.17) is 0 Å². The van der Waals surface area contributed by atoms with Gasteiger partial charge in [-0.3, -0.25) is 0 Å². The molecule has 1 aliphatic rings. The Bertz CT molecular complexity index is 371. The highest BCUT2D eigenvalue weighted by Gasteiger charge is 2.41. The number of carbonyl (C=O) groups is 1. The Balaban J connectivity index is 2.51. The molecule has 5 heteroatoms. The summed E-state index contributed by atoms with van der Waals surface area (Å²) in [5, 5.41) is 1.80. The number of hydrogen-bond acceptors (Lipinski definition) is 4. The fraction of sp³-hybridized carbons (Fsp3) is 0.375. The average molecular weight is 198 g/mol. The van der Waals surface area contributed by atoms with Gasteiger partial charge in [0.1, 0.15) is 4.88 Å². The van der Waals surface area contributed by atoms with Crippen molar-refractivity contribution in [2.45, 2.75) is 19.4 Å². The molecule has 2 rings (SSSR count). The van der Waals surface area contributed by atoms with Gasteiger partial charge in [0.2, 0.25) is 4.92 Å². The van der Waals surface area contributed by atoms with Crippen LogP contribution in [0, 0.1) is 4.91 Å². The summed E-state index contributed by atoms with van der Waals surface area (Å²) in [6.07, 6.45) is 0.639. The van der Waals surface area contributed by atoms with Crippen molar-refractivity contribution >= 4 is 17.3 Å². The van der Waals surface area contributed by atoms with Gasteiger partial charge in [-0.2, -0.15) is 0 Å². The van der Waals surface area contributed by atoms with Crippen LogP contribution in [0.5, 0.6) is 0 Å². The molecule has 1 aromatic rings. The molecule has 0 aromatic carbocycles. The minimum Gasteiger partial charge on any atom is -0.237 e. The molecule has 0 radical (unpaired) electrons. The minimum absolute atomic E-state index is 0.334. The summed E-state index contributed by atoms with van der Waals surface area (Å²) in [4.78, 5) is 27.8. The highest BCUT2D eigenvalue weighted by atomic mass is 32.1. The first-order valence-corrected chi connectivity index (χ1v) is 4.88. The second kappa shape index (κ2) is 2.92. The average Bonchev–Trinajstić information content (AvgIpc) is 2.53. The number of carbonyl (C=O) groups excluding carboxylic acids is 1. The van der Waals surface area contributed by atoms with Crippen LogP contribution >= 0.6 is 11.3 Å². The summed E-state index contributed by atoms with van der Waals surface area (Å²) in [5.41, 5.74) is 0.791. The highest BCUT2D eigenvalue weighted by molar-refractivity contribution is 7.12. The molecule has 1 aliphatic heterocycles. The molecule has 0 spiro atoms. The summed E-state index contributed by atoms with van der Waals surface area (Å²) in [6, 6.07) is 1.47. The van der Waals surface area contributed by atoms with Crippen molar-refractivity contribution in [1.29, 1.82) is 0 Å². The van der Waals surface area contributed by atoms with Crippen LogP contribution in [0.1, 0.15) is 34.6 Å². The number of thiophene rings is 1. The molecular formula is C8H8NO3S+. The number of rotatable bonds is 1. The molecule has 68 valence electrons. The Morgan fingerprint density at radius 3 is 3.15 bits per heavy atom. The van der Waals surface area contributed by atoms with Crippen LogP contribution in [-0.2, 0) is 4.84 Å². The molecule has 2 heterocycles. The molecule has 1 aromatic heterocycles. The van der Waals surface area contributed by atoms with E-state index < -0.39 is 5.97 Å². The SMILES string of the molecule is CCC1c2ccsc2C(=O)O[N+]1=O. The smallest absolute Gasteiger partial charge is 0.237 e. The van der Waals surface area contributed by atoms with Crippen molar-refractivity contribution in [3.05, 3.63) is 26.8 Å². The molecule has 0 saturated heterocycles. The van der Waals surface area contributed by atoms with E-state index in [2.05, 4.69) is 4.84 Å². The number of fused-ring (bicyclic) bond motifs is 1. The van der Waals surface area contributed by atoms with Crippen LogP contribution in [0.15, 0.2) is 11.4 Å². The largest absolute Gasteiger partial charge is 0.426 e. The maximum Gasteiger partial charge on any atom is 0.426 e. The Morgan fingerprint density at radius 1 is 1.69 bits per heavy atom. The van der Waals surface area contributed by atoms with Crippen molar-refractivity contribution < 1.29 is 14.6 Å². The van der Waals surface area contributed by atoms with Gasteiger partial charge in [0.15, 0.2) is 0 Å². The van der Waals surface area contributed by atoms with Gasteiger partial charge in [0, 0.05) is 6.42 Å². The Labute approximate surface area is 78.7 Å². The molecule has 0 fully saturated rings. The van der Waals surface area contributed by atoms with Crippen LogP contribution in [0.2, 0.25) is 0 Å². The first kappa shape index (κ1) is 8.37. The van der Waals surface area contributed by atoms with E-state index in [9.17, 15) is 9.70 Å². The van der Waals surface area contributed by atoms with Crippen molar-refractivity contribution in [2.75, 3.05) is 0 Å². The van der Waals surface area contributed by atoms with E-state index in [-0.39, 0.29) is 6.04 Å². The highest BCUT2D eigenvalue weighted by Crippen LogP contribution is 2.32. The predicted molar refractivity (Wildman–Crippen MR) is 46.4 cm³/mol. The van der Waals surface area contributed by atoms with E-state index >= 15 is 0 Å². The van der Waals surface area contributed by atoms with E-state index in [1.165, 1.54) is 11.3 Å². The summed E-state index contributed by atoms with van der Waals surface area (Å²) in [6.45, 7) is 1.89. The quantitative estimate of drug-likeness (QED) is 0.693. The van der Waals surface area contributed by atoms with Crippen LogP contribution in [0.25, 0.3) is 0 Å². The van der Waals surface area contributed by atoms with Crippen molar-refractivity contribution in [1.82, 2.24) is 0 Å². The Kier molecular flexibility index (Phi) is 1.88. The monoisotopic (exact) mass is 198 g/mol. The summed E-state index contributed by atoms with van der Waals surface area (Å²) < 4.78 is 0. The molecule has 0 N–H and O–H groups in total. The third kappa shape index (κ3) is 1.16. The van der Waals surface area contributed by atoms with Gasteiger partial charge in [0.25, 0.3) is 6.04 Å². The van der Waals surface area contributed by atoms with Gasteiger partial charge in [-0.1, -0.05) is 6.92 Å². The third-order valence-electron chi connectivity index (χ3n) is 2.05. The van der Waals surface area contributed by atoms with Gasteiger partial charge < -0.3 is 0 Å². The first-order chi connectivity index (χ1) is 6.24. The number of nitrogens with zero attached hydrogens (tertiary/aromatic N) is 1. The molecule has 13 heavy (non-hydrogen) atoms. The van der Waals surface area contributed by atoms with Crippen LogP contribution in [-0.4, -0.2) is 10.9 Å². The molecule has 0 aliphatic carbocycles. The van der Waals surface area contributed by atoms with E-state index in [1.807, 2.05) is 6.92 Å². The van der Waals surface area contributed by atoms with Gasteiger partial charge in [-0.15, -0.1) is 16.2 Å². The van der Waals surface area contributed by atoms with Gasteiger partial charge in [-0.25, -0.2) is 4.79 Å². The lowest BCUT2D eigenvalue weighted by atomic mass is 10.1. The lowest BCUT2D eigenvalue weighted by Gasteiger charge is -2.09. The summed E-state index contributed by atoms with van der Waals surface area (Å²) in [5.74, 6) is -0.537. The molecule has 0 bridgehead atoms. The number of hydrogen-bond donors (Lipinski definition) is 0. The maximum atomic E-state index is 11.2. The van der Waals surface area contributed by atoms with Crippen LogP contribution in [0.3, 0.4) is 0 Å². The second-order valence-corrected chi connectivity index (χ2v) is 3.71. The fourth-order valence-electron chi connectivity index (χ4n) is 1.42. The van der Waals surface area contributed by atoms with Crippen LogP contribution in [0.4, 0.5) is 0 Å². The Morgan fingerprint density at radius 2 is 2.46 bits per heavy atom. The van der Waals surface area contributed by atoms with E-state index in [1.54, 1.807) is 11.4 Å². The lowest BCUT2D eigenvalue weighted by molar-refractivity contribution is -0.808. The lowest BCUT2D eigenvalue weighted by Crippen LogP contribution is -2.26. The zero-order chi connectivity index (χ0) is 9.42. The standard InChI is InChI=1S/C8H8NO3S/c1-2-6-5-3-4-13-7(5)8(10)12-9(6)11/h3-4,6H,2H2,1H3/q+1. The Hall–Kier alpha value is -1.23. The van der Waals surface area contributed by atoms with Crippen LogP contribution < -0.4 is 0 Å². The van der Waals surface area contributed by atoms with E-state index in [0.717, 1.165) is 5.56 Å². The predicted octanol–water partition coefficient (Wildman–Crippen LogP) is 2.06. The summed E-state index contributed by atoms with van der Waals surface area (Å²) in [7, 11) is 0. The van der Waals surface area contributed by atoms with Gasteiger partial charge in [-0.05, 0) is 11.4 Å². The second-order valence-electron chi connectivity index (χ2n) is 2.79. The summed E-state index contributed by atoms with van der Waals surface area (Å²) >= 11 is 1.31. The normalized spacial score (nSPS) is 21.2. The molecule has 0 saturated carbocycles. The molecule has 0 amide bonds. The minimum atomic E-state index is -0.537. The molecular weight excluding hydrogens is 190 g/mol. The van der Waals surface area contributed by atoms with Crippen molar-refractivity contribution in [2.24, 2.45) is 0 Å². The zero-order valence-electron chi connectivity index (χ0n) is 7.02. The van der Waals surface area contributed by atoms with E-state index in [0.29, 0.717) is 16.2 Å². The van der Waals surface area contributed by atoms with Crippen molar-refractivity contribution in [3.63, 3.8) is 0 Å². The van der Waals surface area contributed by atoms with Gasteiger partial charge >= 0.3 is 5.97 Å². The maximum absolute atomic E-state index is 11.2. The topological polar surface area (TPSA) is 46.4 Å². The fourth-order valence-corrected chi connectivity index (χ4v) is 2.24.